The number of ether oxygens (including phenoxy) is 1. The summed E-state index contributed by atoms with van der Waals surface area (Å²) in [5.41, 5.74) is 0.785. The summed E-state index contributed by atoms with van der Waals surface area (Å²) in [7, 11) is 1.42. The number of methoxy groups -OCH3 is 1. The number of hydrogen-bond donors (Lipinski definition) is 2. The van der Waals surface area contributed by atoms with Crippen LogP contribution in [0.25, 0.3) is 0 Å². The molecule has 0 radical (unpaired) electrons. The number of hydrogen-bond acceptors (Lipinski definition) is 4. The minimum absolute atomic E-state index is 0.113. The lowest BCUT2D eigenvalue weighted by Gasteiger charge is -2.15. The minimum atomic E-state index is -0.441. The first-order chi connectivity index (χ1) is 11.1. The quantitative estimate of drug-likeness (QED) is 0.829. The van der Waals surface area contributed by atoms with Gasteiger partial charge in [0, 0.05) is 12.3 Å². The monoisotopic (exact) mass is 340 g/mol. The maximum atomic E-state index is 13.6. The van der Waals surface area contributed by atoms with E-state index in [1.54, 1.807) is 12.1 Å². The largest absolute Gasteiger partial charge is 0.494 e. The van der Waals surface area contributed by atoms with E-state index in [0.717, 1.165) is 18.4 Å². The molecule has 1 saturated heterocycles. The van der Waals surface area contributed by atoms with Crippen LogP contribution in [0.15, 0.2) is 18.2 Å². The van der Waals surface area contributed by atoms with Gasteiger partial charge in [-0.2, -0.15) is 0 Å². The molecule has 0 unspecified atom stereocenters. The second-order valence-electron chi connectivity index (χ2n) is 5.37. The zero-order valence-electron chi connectivity index (χ0n) is 13.1. The van der Waals surface area contributed by atoms with Crippen molar-refractivity contribution in [2.45, 2.75) is 31.1 Å². The lowest BCUT2D eigenvalue weighted by Crippen LogP contribution is -2.46. The highest BCUT2D eigenvalue weighted by molar-refractivity contribution is 7.99. The van der Waals surface area contributed by atoms with E-state index >= 15 is 0 Å². The summed E-state index contributed by atoms with van der Waals surface area (Å²) in [6.45, 7) is 0.670. The zero-order valence-corrected chi connectivity index (χ0v) is 13.9. The van der Waals surface area contributed by atoms with Gasteiger partial charge in [-0.15, -0.1) is 11.8 Å². The Bertz CT molecular complexity index is 568. The highest BCUT2D eigenvalue weighted by Gasteiger charge is 2.22. The standard InChI is InChI=1S/C16H21FN2O3S/c1-22-14-6-5-11(8-12(14)17)9-23-10-15(20)19-13-4-2-3-7-18-16(13)21/h5-6,8,13H,2-4,7,9-10H2,1H3,(H,18,21)(H,19,20)/t13-/m0/s1. The summed E-state index contributed by atoms with van der Waals surface area (Å²) >= 11 is 1.38. The maximum absolute atomic E-state index is 13.6. The number of nitrogens with one attached hydrogen (secondary N) is 2. The van der Waals surface area contributed by atoms with Crippen LogP contribution in [0.5, 0.6) is 5.75 Å². The summed E-state index contributed by atoms with van der Waals surface area (Å²) in [6.07, 6.45) is 2.53. The van der Waals surface area contributed by atoms with E-state index in [9.17, 15) is 14.0 Å². The zero-order chi connectivity index (χ0) is 16.7. The Hall–Kier alpha value is -1.76. The average molecular weight is 340 g/mol. The molecule has 0 aliphatic carbocycles. The SMILES string of the molecule is COc1ccc(CSCC(=O)N[C@H]2CCCCNC2=O)cc1F. The predicted molar refractivity (Wildman–Crippen MR) is 87.9 cm³/mol. The molecule has 1 aliphatic rings. The normalized spacial score (nSPS) is 18.0. The molecule has 1 aliphatic heterocycles. The van der Waals surface area contributed by atoms with Gasteiger partial charge < -0.3 is 15.4 Å². The second-order valence-corrected chi connectivity index (χ2v) is 6.35. The number of amides is 2. The van der Waals surface area contributed by atoms with Crippen LogP contribution >= 0.6 is 11.8 Å². The van der Waals surface area contributed by atoms with Gasteiger partial charge in [0.1, 0.15) is 6.04 Å². The molecule has 0 aromatic heterocycles. The fraction of sp³-hybridized carbons (Fsp3) is 0.500. The molecule has 23 heavy (non-hydrogen) atoms. The smallest absolute Gasteiger partial charge is 0.242 e. The first-order valence-electron chi connectivity index (χ1n) is 7.57. The molecular formula is C16H21FN2O3S. The molecule has 2 N–H and O–H groups in total. The summed E-state index contributed by atoms with van der Waals surface area (Å²) in [4.78, 5) is 23.7. The van der Waals surface area contributed by atoms with Crippen LogP contribution < -0.4 is 15.4 Å². The van der Waals surface area contributed by atoms with Crippen LogP contribution in [0.3, 0.4) is 0 Å². The number of carbonyl (C=O) groups is 2. The first kappa shape index (κ1) is 17.6. The Kier molecular flexibility index (Phi) is 6.70. The van der Waals surface area contributed by atoms with Gasteiger partial charge in [-0.25, -0.2) is 4.39 Å². The molecule has 0 saturated carbocycles. The van der Waals surface area contributed by atoms with E-state index in [-0.39, 0.29) is 23.3 Å². The van der Waals surface area contributed by atoms with E-state index in [1.165, 1.54) is 24.9 Å². The van der Waals surface area contributed by atoms with Crippen molar-refractivity contribution in [2.75, 3.05) is 19.4 Å². The summed E-state index contributed by atoms with van der Waals surface area (Å²) in [5.74, 6) is 0.257. The Morgan fingerprint density at radius 2 is 2.30 bits per heavy atom. The number of thioether (sulfide) groups is 1. The molecule has 1 heterocycles. The van der Waals surface area contributed by atoms with Crippen LogP contribution in [-0.4, -0.2) is 37.3 Å². The average Bonchev–Trinajstić information content (AvgIpc) is 2.72. The highest BCUT2D eigenvalue weighted by Crippen LogP contribution is 2.20. The van der Waals surface area contributed by atoms with E-state index in [4.69, 9.17) is 4.74 Å². The Labute approximate surface area is 139 Å². The van der Waals surface area contributed by atoms with Gasteiger partial charge in [0.05, 0.1) is 12.9 Å². The van der Waals surface area contributed by atoms with Gasteiger partial charge in [0.15, 0.2) is 11.6 Å². The summed E-state index contributed by atoms with van der Waals surface area (Å²) in [6, 6.07) is 4.30. The third-order valence-electron chi connectivity index (χ3n) is 3.59. The predicted octanol–water partition coefficient (Wildman–Crippen LogP) is 1.85. The Morgan fingerprint density at radius 1 is 1.48 bits per heavy atom. The molecule has 7 heteroatoms. The van der Waals surface area contributed by atoms with Crippen LogP contribution in [0, 0.1) is 5.82 Å². The molecule has 1 fully saturated rings. The fourth-order valence-corrected chi connectivity index (χ4v) is 3.16. The van der Waals surface area contributed by atoms with Crippen molar-refractivity contribution in [3.05, 3.63) is 29.6 Å². The van der Waals surface area contributed by atoms with Gasteiger partial charge in [-0.3, -0.25) is 9.59 Å². The van der Waals surface area contributed by atoms with Crippen molar-refractivity contribution < 1.29 is 18.7 Å². The number of benzene rings is 1. The van der Waals surface area contributed by atoms with E-state index in [1.807, 2.05) is 0 Å². The third kappa shape index (κ3) is 5.42. The van der Waals surface area contributed by atoms with Gasteiger partial charge in [-0.05, 0) is 37.0 Å². The molecule has 1 aromatic rings. The summed E-state index contributed by atoms with van der Waals surface area (Å²) in [5, 5.41) is 5.54. The lowest BCUT2D eigenvalue weighted by molar-refractivity contribution is -0.127. The Morgan fingerprint density at radius 3 is 3.04 bits per heavy atom. The molecule has 2 rings (SSSR count). The van der Waals surface area contributed by atoms with Crippen LogP contribution in [0.2, 0.25) is 0 Å². The lowest BCUT2D eigenvalue weighted by atomic mass is 10.1. The molecule has 5 nitrogen and oxygen atoms in total. The molecule has 2 amide bonds. The van der Waals surface area contributed by atoms with Gasteiger partial charge in [-0.1, -0.05) is 6.07 Å². The number of rotatable bonds is 6. The number of carbonyl (C=O) groups excluding carboxylic acids is 2. The van der Waals surface area contributed by atoms with Crippen molar-refractivity contribution in [3.63, 3.8) is 0 Å². The van der Waals surface area contributed by atoms with Gasteiger partial charge in [0.25, 0.3) is 0 Å². The molecule has 1 aromatic carbocycles. The van der Waals surface area contributed by atoms with Crippen molar-refractivity contribution in [3.8, 4) is 5.75 Å². The first-order valence-corrected chi connectivity index (χ1v) is 8.73. The van der Waals surface area contributed by atoms with Crippen LogP contribution in [0.4, 0.5) is 4.39 Å². The highest BCUT2D eigenvalue weighted by atomic mass is 32.2. The molecule has 0 bridgehead atoms. The molecule has 0 spiro atoms. The van der Waals surface area contributed by atoms with Crippen LogP contribution in [0.1, 0.15) is 24.8 Å². The van der Waals surface area contributed by atoms with Crippen molar-refractivity contribution in [2.24, 2.45) is 0 Å². The number of halogens is 1. The fourth-order valence-electron chi connectivity index (χ4n) is 2.37. The molecule has 1 atom stereocenters. The maximum Gasteiger partial charge on any atom is 0.242 e. The summed E-state index contributed by atoms with van der Waals surface area (Å²) < 4.78 is 18.4. The second kappa shape index (κ2) is 8.76. The van der Waals surface area contributed by atoms with Gasteiger partial charge in [0.2, 0.25) is 11.8 Å². The minimum Gasteiger partial charge on any atom is -0.494 e. The van der Waals surface area contributed by atoms with Gasteiger partial charge >= 0.3 is 0 Å². The van der Waals surface area contributed by atoms with E-state index in [0.29, 0.717) is 18.7 Å². The Balaban J connectivity index is 1.76. The molecule has 126 valence electrons. The third-order valence-corrected chi connectivity index (χ3v) is 4.59. The molecular weight excluding hydrogens is 319 g/mol. The van der Waals surface area contributed by atoms with Crippen molar-refractivity contribution in [1.82, 2.24) is 10.6 Å². The van der Waals surface area contributed by atoms with E-state index in [2.05, 4.69) is 10.6 Å². The van der Waals surface area contributed by atoms with Crippen molar-refractivity contribution >= 4 is 23.6 Å². The van der Waals surface area contributed by atoms with Crippen molar-refractivity contribution in [1.29, 1.82) is 0 Å². The van der Waals surface area contributed by atoms with E-state index < -0.39 is 11.9 Å². The topological polar surface area (TPSA) is 67.4 Å². The van der Waals surface area contributed by atoms with Crippen LogP contribution in [-0.2, 0) is 15.3 Å².